The van der Waals surface area contributed by atoms with Gasteiger partial charge in [-0.1, -0.05) is 27.7 Å². The monoisotopic (exact) mass is 503 g/mol. The molecule has 2 saturated heterocycles. The number of halogens is 1. The largest absolute Gasteiger partial charge is 0.479 e. The Bertz CT molecular complexity index is 775. The van der Waals surface area contributed by atoms with Crippen LogP contribution in [0.3, 0.4) is 0 Å². The fourth-order valence-electron chi connectivity index (χ4n) is 3.42. The van der Waals surface area contributed by atoms with E-state index in [1.165, 1.54) is 25.6 Å². The summed E-state index contributed by atoms with van der Waals surface area (Å²) in [7, 11) is 0. The predicted molar refractivity (Wildman–Crippen MR) is 113 cm³/mol. The highest BCUT2D eigenvalue weighted by Crippen LogP contribution is 2.39. The van der Waals surface area contributed by atoms with Crippen molar-refractivity contribution in [3.05, 3.63) is 28.7 Å². The van der Waals surface area contributed by atoms with Crippen molar-refractivity contribution in [3.63, 3.8) is 0 Å². The number of hydrogen-bond acceptors (Lipinski definition) is 7. The lowest BCUT2D eigenvalue weighted by molar-refractivity contribution is -0.347. The Balaban J connectivity index is 1.92. The zero-order chi connectivity index (χ0) is 22.1. The molecule has 1 aromatic rings. The molecule has 0 radical (unpaired) electrons. The number of nitrogens with one attached hydrogen (secondary N) is 1. The minimum Gasteiger partial charge on any atom is -0.479 e. The van der Waals surface area contributed by atoms with Gasteiger partial charge in [-0.2, -0.15) is 0 Å². The van der Waals surface area contributed by atoms with E-state index in [1.807, 2.05) is 24.3 Å². The Morgan fingerprint density at radius 2 is 2.00 bits per heavy atom. The van der Waals surface area contributed by atoms with Crippen LogP contribution in [0.4, 0.5) is 0 Å². The second kappa shape index (κ2) is 9.54. The summed E-state index contributed by atoms with van der Waals surface area (Å²) in [6.45, 7) is 6.68. The molecule has 1 aromatic carbocycles. The van der Waals surface area contributed by atoms with Gasteiger partial charge in [-0.25, -0.2) is 4.79 Å². The van der Waals surface area contributed by atoms with Crippen molar-refractivity contribution in [1.82, 2.24) is 5.32 Å². The van der Waals surface area contributed by atoms with Crippen LogP contribution < -0.4 is 5.32 Å². The number of hydrogen-bond donors (Lipinski definition) is 2. The highest BCUT2D eigenvalue weighted by molar-refractivity contribution is 9.10. The van der Waals surface area contributed by atoms with Crippen molar-refractivity contribution in [2.45, 2.75) is 74.3 Å². The highest BCUT2D eigenvalue weighted by atomic mass is 79.9. The van der Waals surface area contributed by atoms with Gasteiger partial charge in [0, 0.05) is 16.3 Å². The van der Waals surface area contributed by atoms with Crippen molar-refractivity contribution in [2.75, 3.05) is 6.61 Å². The van der Waals surface area contributed by atoms with Gasteiger partial charge < -0.3 is 29.4 Å². The molecule has 166 valence electrons. The van der Waals surface area contributed by atoms with Gasteiger partial charge in [0.05, 0.1) is 12.6 Å². The maximum Gasteiger partial charge on any atom is 0.332 e. The molecule has 10 heteroatoms. The molecule has 6 atom stereocenters. The van der Waals surface area contributed by atoms with E-state index < -0.39 is 47.7 Å². The molecule has 0 spiro atoms. The van der Waals surface area contributed by atoms with Gasteiger partial charge >= 0.3 is 5.97 Å². The number of aliphatic carboxylic acids is 1. The molecule has 2 aliphatic rings. The number of carbonyl (C=O) groups is 2. The van der Waals surface area contributed by atoms with Crippen molar-refractivity contribution in [2.24, 2.45) is 0 Å². The quantitative estimate of drug-likeness (QED) is 0.610. The molecule has 2 aliphatic heterocycles. The predicted octanol–water partition coefficient (Wildman–Crippen LogP) is 2.78. The number of amides is 1. The van der Waals surface area contributed by atoms with Gasteiger partial charge in [-0.05, 0) is 45.0 Å². The number of carboxylic acid groups (broad SMARTS) is 1. The molecule has 30 heavy (non-hydrogen) atoms. The number of fused-ring (bicyclic) bond motifs is 1. The molecule has 2 heterocycles. The SMILES string of the molecule is CC(=O)NC1C(Sc2ccc(Br)cc2)OC2COC(C)(C)OC2C1OC(C)C(=O)O. The van der Waals surface area contributed by atoms with E-state index in [1.54, 1.807) is 13.8 Å². The van der Waals surface area contributed by atoms with Gasteiger partial charge in [-0.3, -0.25) is 4.79 Å². The van der Waals surface area contributed by atoms with Crippen LogP contribution in [-0.2, 0) is 28.5 Å². The summed E-state index contributed by atoms with van der Waals surface area (Å²) in [6.07, 6.45) is -2.90. The number of rotatable bonds is 6. The second-order valence-electron chi connectivity index (χ2n) is 7.72. The van der Waals surface area contributed by atoms with E-state index in [-0.39, 0.29) is 12.5 Å². The van der Waals surface area contributed by atoms with Crippen LogP contribution in [0.5, 0.6) is 0 Å². The van der Waals surface area contributed by atoms with Crippen LogP contribution in [0.25, 0.3) is 0 Å². The van der Waals surface area contributed by atoms with E-state index in [4.69, 9.17) is 18.9 Å². The molecule has 0 saturated carbocycles. The standard InChI is InChI=1S/C20H26BrNO7S/c1-10(18(24)25)27-17-15(22-11(2)23)19(30-13-7-5-12(21)6-8-13)28-14-9-26-20(3,4)29-16(14)17/h5-8,10,14-17,19H,9H2,1-4H3,(H,22,23)(H,24,25). The van der Waals surface area contributed by atoms with E-state index >= 15 is 0 Å². The maximum absolute atomic E-state index is 12.0. The first-order valence-electron chi connectivity index (χ1n) is 9.60. The molecule has 0 bridgehead atoms. The van der Waals surface area contributed by atoms with Crippen LogP contribution >= 0.6 is 27.7 Å². The maximum atomic E-state index is 12.0. The molecule has 0 aromatic heterocycles. The topological polar surface area (TPSA) is 103 Å². The average Bonchev–Trinajstić information content (AvgIpc) is 2.65. The van der Waals surface area contributed by atoms with Crippen LogP contribution in [0.2, 0.25) is 0 Å². The molecule has 0 aliphatic carbocycles. The van der Waals surface area contributed by atoms with Gasteiger partial charge in [-0.15, -0.1) is 0 Å². The molecule has 2 fully saturated rings. The lowest BCUT2D eigenvalue weighted by Gasteiger charge is -2.51. The number of carbonyl (C=O) groups excluding carboxylic acids is 1. The molecule has 6 unspecified atom stereocenters. The molecule has 2 N–H and O–H groups in total. The van der Waals surface area contributed by atoms with Crippen LogP contribution in [0.15, 0.2) is 33.6 Å². The molecular formula is C20H26BrNO7S. The highest BCUT2D eigenvalue weighted by Gasteiger charge is 2.53. The van der Waals surface area contributed by atoms with Crippen molar-refractivity contribution in [1.29, 1.82) is 0 Å². The zero-order valence-electron chi connectivity index (χ0n) is 17.2. The van der Waals surface area contributed by atoms with Crippen LogP contribution in [0.1, 0.15) is 27.7 Å². The second-order valence-corrected chi connectivity index (χ2v) is 9.80. The van der Waals surface area contributed by atoms with Crippen LogP contribution in [-0.4, -0.2) is 65.3 Å². The first kappa shape index (κ1) is 23.5. The molecular weight excluding hydrogens is 478 g/mol. The van der Waals surface area contributed by atoms with Gasteiger partial charge in [0.25, 0.3) is 0 Å². The summed E-state index contributed by atoms with van der Waals surface area (Å²) in [5.74, 6) is -2.25. The first-order chi connectivity index (χ1) is 14.1. The van der Waals surface area contributed by atoms with Gasteiger partial charge in [0.2, 0.25) is 5.91 Å². The number of ether oxygens (including phenoxy) is 4. The van der Waals surface area contributed by atoms with Gasteiger partial charge in [0.15, 0.2) is 11.9 Å². The summed E-state index contributed by atoms with van der Waals surface area (Å²) >= 11 is 4.84. The van der Waals surface area contributed by atoms with Gasteiger partial charge in [0.1, 0.15) is 23.7 Å². The minimum absolute atomic E-state index is 0.267. The third-order valence-corrected chi connectivity index (χ3v) is 6.52. The lowest BCUT2D eigenvalue weighted by Crippen LogP contribution is -2.68. The van der Waals surface area contributed by atoms with E-state index in [2.05, 4.69) is 21.2 Å². The Morgan fingerprint density at radius 1 is 1.33 bits per heavy atom. The normalized spacial score (nSPS) is 31.4. The number of benzene rings is 1. The number of thioether (sulfide) groups is 1. The summed E-state index contributed by atoms with van der Waals surface area (Å²) in [5.41, 5.74) is -0.532. The Kier molecular flexibility index (Phi) is 7.47. The number of carboxylic acids is 1. The third-order valence-electron chi connectivity index (χ3n) is 4.81. The fraction of sp³-hybridized carbons (Fsp3) is 0.600. The smallest absolute Gasteiger partial charge is 0.332 e. The average molecular weight is 504 g/mol. The summed E-state index contributed by atoms with van der Waals surface area (Å²) in [5, 5.41) is 12.3. The van der Waals surface area contributed by atoms with Crippen molar-refractivity contribution < 1.29 is 33.6 Å². The Morgan fingerprint density at radius 3 is 2.60 bits per heavy atom. The zero-order valence-corrected chi connectivity index (χ0v) is 19.6. The van der Waals surface area contributed by atoms with E-state index in [0.717, 1.165) is 9.37 Å². The fourth-order valence-corrected chi connectivity index (χ4v) is 4.81. The first-order valence-corrected chi connectivity index (χ1v) is 11.3. The lowest BCUT2D eigenvalue weighted by atomic mass is 9.95. The van der Waals surface area contributed by atoms with E-state index in [9.17, 15) is 14.7 Å². The molecule has 1 amide bonds. The molecule has 8 nitrogen and oxygen atoms in total. The van der Waals surface area contributed by atoms with Crippen LogP contribution in [0, 0.1) is 0 Å². The minimum atomic E-state index is -1.09. The Hall–Kier alpha value is -1.17. The summed E-state index contributed by atoms with van der Waals surface area (Å²) in [6, 6.07) is 7.06. The van der Waals surface area contributed by atoms with E-state index in [0.29, 0.717) is 0 Å². The summed E-state index contributed by atoms with van der Waals surface area (Å²) in [4.78, 5) is 24.4. The third kappa shape index (κ3) is 5.74. The molecule has 3 rings (SSSR count). The van der Waals surface area contributed by atoms with Crippen molar-refractivity contribution >= 4 is 39.6 Å². The Labute approximate surface area is 188 Å². The summed E-state index contributed by atoms with van der Waals surface area (Å²) < 4.78 is 24.9. The van der Waals surface area contributed by atoms with Crippen molar-refractivity contribution in [3.8, 4) is 0 Å².